The van der Waals surface area contributed by atoms with Gasteiger partial charge in [-0.3, -0.25) is 0 Å². The molecule has 0 amide bonds. The maximum Gasteiger partial charge on any atom is 0.0110 e. The molecular weight excluding hydrogens is 170 g/mol. The summed E-state index contributed by atoms with van der Waals surface area (Å²) >= 11 is 0. The minimum Gasteiger partial charge on any atom is -0.314 e. The standard InChI is InChI=1S/C13H19N/c1-10-8-9-14-11(2)13(10)12-6-4-3-5-7-12/h3-7,10-11,13-14H,8-9H2,1-2H3/t10-,11-,13+/m1/s1. The molecule has 1 aromatic carbocycles. The first-order valence-electron chi connectivity index (χ1n) is 5.57. The highest BCUT2D eigenvalue weighted by atomic mass is 14.9. The monoisotopic (exact) mass is 189 g/mol. The van der Waals surface area contributed by atoms with Crippen molar-refractivity contribution in [3.05, 3.63) is 35.9 Å². The third-order valence-corrected chi connectivity index (χ3v) is 3.40. The fourth-order valence-electron chi connectivity index (χ4n) is 2.63. The van der Waals surface area contributed by atoms with Crippen LogP contribution < -0.4 is 5.32 Å². The average molecular weight is 189 g/mol. The van der Waals surface area contributed by atoms with Crippen molar-refractivity contribution in [1.82, 2.24) is 5.32 Å². The highest BCUT2D eigenvalue weighted by Gasteiger charge is 2.28. The maximum absolute atomic E-state index is 3.56. The second-order valence-electron chi connectivity index (χ2n) is 4.45. The van der Waals surface area contributed by atoms with Crippen molar-refractivity contribution in [2.75, 3.05) is 6.54 Å². The molecule has 14 heavy (non-hydrogen) atoms. The van der Waals surface area contributed by atoms with Gasteiger partial charge in [0.2, 0.25) is 0 Å². The first-order valence-corrected chi connectivity index (χ1v) is 5.57. The second kappa shape index (κ2) is 4.14. The fourth-order valence-corrected chi connectivity index (χ4v) is 2.63. The Bertz CT molecular complexity index is 271. The van der Waals surface area contributed by atoms with E-state index in [-0.39, 0.29) is 0 Å². The summed E-state index contributed by atoms with van der Waals surface area (Å²) in [6.45, 7) is 5.84. The van der Waals surface area contributed by atoms with E-state index in [1.807, 2.05) is 0 Å². The van der Waals surface area contributed by atoms with Crippen LogP contribution in [0.5, 0.6) is 0 Å². The Morgan fingerprint density at radius 2 is 1.86 bits per heavy atom. The van der Waals surface area contributed by atoms with Gasteiger partial charge in [-0.1, -0.05) is 37.3 Å². The molecule has 0 bridgehead atoms. The summed E-state index contributed by atoms with van der Waals surface area (Å²) in [7, 11) is 0. The van der Waals surface area contributed by atoms with Crippen LogP contribution in [0.3, 0.4) is 0 Å². The van der Waals surface area contributed by atoms with Gasteiger partial charge in [-0.15, -0.1) is 0 Å². The molecule has 1 aromatic rings. The Morgan fingerprint density at radius 1 is 1.14 bits per heavy atom. The van der Waals surface area contributed by atoms with E-state index in [4.69, 9.17) is 0 Å². The van der Waals surface area contributed by atoms with E-state index < -0.39 is 0 Å². The molecule has 0 spiro atoms. The lowest BCUT2D eigenvalue weighted by Gasteiger charge is -2.35. The predicted molar refractivity (Wildman–Crippen MR) is 60.4 cm³/mol. The molecule has 1 heteroatoms. The number of rotatable bonds is 1. The summed E-state index contributed by atoms with van der Waals surface area (Å²) in [4.78, 5) is 0. The molecule has 1 fully saturated rings. The van der Waals surface area contributed by atoms with Crippen LogP contribution >= 0.6 is 0 Å². The van der Waals surface area contributed by atoms with Crippen molar-refractivity contribution in [1.29, 1.82) is 0 Å². The average Bonchev–Trinajstić information content (AvgIpc) is 2.19. The van der Waals surface area contributed by atoms with Crippen LogP contribution in [-0.4, -0.2) is 12.6 Å². The van der Waals surface area contributed by atoms with Crippen LogP contribution in [-0.2, 0) is 0 Å². The largest absolute Gasteiger partial charge is 0.314 e. The zero-order valence-electron chi connectivity index (χ0n) is 9.03. The van der Waals surface area contributed by atoms with Crippen LogP contribution in [0.4, 0.5) is 0 Å². The fraction of sp³-hybridized carbons (Fsp3) is 0.538. The minimum atomic E-state index is 0.612. The number of benzene rings is 1. The van der Waals surface area contributed by atoms with Gasteiger partial charge in [0.05, 0.1) is 0 Å². The van der Waals surface area contributed by atoms with E-state index in [0.717, 1.165) is 5.92 Å². The number of nitrogens with one attached hydrogen (secondary N) is 1. The van der Waals surface area contributed by atoms with Gasteiger partial charge in [0, 0.05) is 12.0 Å². The van der Waals surface area contributed by atoms with Crippen molar-refractivity contribution >= 4 is 0 Å². The van der Waals surface area contributed by atoms with Gasteiger partial charge in [0.25, 0.3) is 0 Å². The Kier molecular flexibility index (Phi) is 2.87. The summed E-state index contributed by atoms with van der Waals surface area (Å²) < 4.78 is 0. The summed E-state index contributed by atoms with van der Waals surface area (Å²) in [6, 6.07) is 11.5. The molecular formula is C13H19N. The summed E-state index contributed by atoms with van der Waals surface area (Å²) in [5.41, 5.74) is 1.49. The molecule has 0 aromatic heterocycles. The zero-order chi connectivity index (χ0) is 9.97. The van der Waals surface area contributed by atoms with Gasteiger partial charge in [-0.2, -0.15) is 0 Å². The van der Waals surface area contributed by atoms with Crippen molar-refractivity contribution in [3.63, 3.8) is 0 Å². The molecule has 0 aliphatic carbocycles. The molecule has 1 aliphatic heterocycles. The highest BCUT2D eigenvalue weighted by Crippen LogP contribution is 2.32. The van der Waals surface area contributed by atoms with E-state index in [2.05, 4.69) is 49.5 Å². The van der Waals surface area contributed by atoms with Crippen LogP contribution in [0.2, 0.25) is 0 Å². The lowest BCUT2D eigenvalue weighted by Crippen LogP contribution is -2.41. The number of hydrogen-bond acceptors (Lipinski definition) is 1. The lowest BCUT2D eigenvalue weighted by molar-refractivity contribution is 0.284. The molecule has 1 N–H and O–H groups in total. The van der Waals surface area contributed by atoms with Crippen molar-refractivity contribution < 1.29 is 0 Å². The normalized spacial score (nSPS) is 32.9. The van der Waals surface area contributed by atoms with E-state index in [1.54, 1.807) is 0 Å². The second-order valence-corrected chi connectivity index (χ2v) is 4.45. The molecule has 1 heterocycles. The smallest absolute Gasteiger partial charge is 0.0110 e. The topological polar surface area (TPSA) is 12.0 Å². The first kappa shape index (κ1) is 9.72. The number of piperidine rings is 1. The number of hydrogen-bond donors (Lipinski definition) is 1. The zero-order valence-corrected chi connectivity index (χ0v) is 9.03. The molecule has 1 saturated heterocycles. The van der Waals surface area contributed by atoms with Gasteiger partial charge >= 0.3 is 0 Å². The third kappa shape index (κ3) is 1.83. The molecule has 1 aliphatic rings. The third-order valence-electron chi connectivity index (χ3n) is 3.40. The Labute approximate surface area is 86.5 Å². The Balaban J connectivity index is 2.23. The summed E-state index contributed by atoms with van der Waals surface area (Å²) in [5, 5.41) is 3.56. The highest BCUT2D eigenvalue weighted by molar-refractivity contribution is 5.22. The van der Waals surface area contributed by atoms with Gasteiger partial charge in [-0.25, -0.2) is 0 Å². The first-order chi connectivity index (χ1) is 6.79. The van der Waals surface area contributed by atoms with Gasteiger partial charge < -0.3 is 5.32 Å². The van der Waals surface area contributed by atoms with Crippen LogP contribution in [0, 0.1) is 5.92 Å². The maximum atomic E-state index is 3.56. The van der Waals surface area contributed by atoms with Crippen molar-refractivity contribution in [2.45, 2.75) is 32.2 Å². The van der Waals surface area contributed by atoms with Gasteiger partial charge in [0.1, 0.15) is 0 Å². The summed E-state index contributed by atoms with van der Waals surface area (Å²) in [5.74, 6) is 1.48. The van der Waals surface area contributed by atoms with Gasteiger partial charge in [0.15, 0.2) is 0 Å². The Morgan fingerprint density at radius 3 is 2.50 bits per heavy atom. The van der Waals surface area contributed by atoms with Crippen molar-refractivity contribution in [3.8, 4) is 0 Å². The SMILES string of the molecule is C[C@@H]1CCN[C@H](C)[C@H]1c1ccccc1. The Hall–Kier alpha value is -0.820. The van der Waals surface area contributed by atoms with E-state index in [9.17, 15) is 0 Å². The molecule has 0 unspecified atom stereocenters. The van der Waals surface area contributed by atoms with Crippen LogP contribution in [0.15, 0.2) is 30.3 Å². The van der Waals surface area contributed by atoms with Crippen LogP contribution in [0.1, 0.15) is 31.7 Å². The molecule has 3 atom stereocenters. The molecule has 2 rings (SSSR count). The molecule has 1 nitrogen and oxygen atoms in total. The molecule has 0 saturated carbocycles. The molecule has 76 valence electrons. The van der Waals surface area contributed by atoms with Crippen LogP contribution in [0.25, 0.3) is 0 Å². The van der Waals surface area contributed by atoms with E-state index >= 15 is 0 Å². The predicted octanol–water partition coefficient (Wildman–Crippen LogP) is 2.79. The van der Waals surface area contributed by atoms with Crippen molar-refractivity contribution in [2.24, 2.45) is 5.92 Å². The summed E-state index contributed by atoms with van der Waals surface area (Å²) in [6.07, 6.45) is 1.30. The lowest BCUT2D eigenvalue weighted by atomic mass is 9.78. The van der Waals surface area contributed by atoms with E-state index in [1.165, 1.54) is 18.5 Å². The van der Waals surface area contributed by atoms with E-state index in [0.29, 0.717) is 12.0 Å². The quantitative estimate of drug-likeness (QED) is 0.716. The van der Waals surface area contributed by atoms with Gasteiger partial charge in [-0.05, 0) is 31.4 Å². The molecule has 0 radical (unpaired) electrons. The minimum absolute atomic E-state index is 0.612.